The van der Waals surface area contributed by atoms with Gasteiger partial charge in [0.05, 0.1) is 23.6 Å². The first-order chi connectivity index (χ1) is 12.8. The molecule has 148 valence electrons. The van der Waals surface area contributed by atoms with Crippen molar-refractivity contribution in [2.24, 2.45) is 5.92 Å². The van der Waals surface area contributed by atoms with Crippen molar-refractivity contribution in [2.45, 2.75) is 39.3 Å². The lowest BCUT2D eigenvalue weighted by Gasteiger charge is -2.20. The molecule has 0 fully saturated rings. The fourth-order valence-corrected chi connectivity index (χ4v) is 4.56. The summed E-state index contributed by atoms with van der Waals surface area (Å²) in [5, 5.41) is 13.5. The van der Waals surface area contributed by atoms with Crippen LogP contribution in [0.15, 0.2) is 23.2 Å². The Kier molecular flexibility index (Phi) is 7.11. The fourth-order valence-electron chi connectivity index (χ4n) is 2.86. The number of nitrogens with zero attached hydrogens (tertiary/aromatic N) is 6. The van der Waals surface area contributed by atoms with Gasteiger partial charge in [-0.15, -0.1) is 0 Å². The molecule has 0 saturated carbocycles. The zero-order chi connectivity index (χ0) is 20.2. The maximum Gasteiger partial charge on any atom is 0.244 e. The van der Waals surface area contributed by atoms with Crippen LogP contribution in [0.1, 0.15) is 27.7 Å². The number of nitriles is 1. The number of aromatic nitrogens is 3. The van der Waals surface area contributed by atoms with Crippen LogP contribution in [0.25, 0.3) is 5.65 Å². The first-order valence-corrected chi connectivity index (χ1v) is 10.8. The van der Waals surface area contributed by atoms with Gasteiger partial charge in [0, 0.05) is 25.8 Å². The quantitative estimate of drug-likeness (QED) is 0.590. The van der Waals surface area contributed by atoms with Crippen LogP contribution < -0.4 is 0 Å². The molecule has 1 unspecified atom stereocenters. The Balaban J connectivity index is 2.40. The molecule has 0 bridgehead atoms. The number of fused-ring (bicyclic) bond motifs is 1. The van der Waals surface area contributed by atoms with E-state index in [4.69, 9.17) is 17.5 Å². The number of hydrogen-bond acceptors (Lipinski definition) is 6. The fraction of sp³-hybridized carbons (Fsp3) is 0.588. The van der Waals surface area contributed by atoms with Gasteiger partial charge in [0.2, 0.25) is 14.8 Å². The maximum atomic E-state index is 12.7. The van der Waals surface area contributed by atoms with E-state index in [0.29, 0.717) is 36.7 Å². The monoisotopic (exact) mass is 410 g/mol. The van der Waals surface area contributed by atoms with Crippen LogP contribution in [0.2, 0.25) is 0 Å². The van der Waals surface area contributed by atoms with Crippen LogP contribution in [0, 0.1) is 22.0 Å². The maximum absolute atomic E-state index is 12.7. The number of sulfonamides is 1. The van der Waals surface area contributed by atoms with Gasteiger partial charge in [-0.3, -0.25) is 9.30 Å². The molecule has 0 saturated heterocycles. The molecule has 0 spiro atoms. The third-order valence-electron chi connectivity index (χ3n) is 4.43. The topological polar surface area (TPSA) is 86.6 Å². The minimum absolute atomic E-state index is 0.0954. The first kappa shape index (κ1) is 21.5. The van der Waals surface area contributed by atoms with Crippen LogP contribution in [0.3, 0.4) is 0 Å². The van der Waals surface area contributed by atoms with Gasteiger partial charge < -0.3 is 0 Å². The first-order valence-electron chi connectivity index (χ1n) is 8.99. The summed E-state index contributed by atoms with van der Waals surface area (Å²) >= 11 is 5.50. The summed E-state index contributed by atoms with van der Waals surface area (Å²) in [6.45, 7) is 10.1. The molecule has 0 aromatic carbocycles. The molecular weight excluding hydrogens is 384 g/mol. The van der Waals surface area contributed by atoms with Crippen LogP contribution in [0.5, 0.6) is 0 Å². The van der Waals surface area contributed by atoms with Crippen molar-refractivity contribution < 1.29 is 8.42 Å². The summed E-state index contributed by atoms with van der Waals surface area (Å²) in [5.74, 6) is -0.0954. The lowest BCUT2D eigenvalue weighted by atomic mass is 10.2. The lowest BCUT2D eigenvalue weighted by molar-refractivity contribution is 0.202. The zero-order valence-corrected chi connectivity index (χ0v) is 17.8. The molecule has 0 aliphatic heterocycles. The second-order valence-electron chi connectivity index (χ2n) is 6.31. The van der Waals surface area contributed by atoms with Crippen LogP contribution in [0.4, 0.5) is 0 Å². The molecule has 2 rings (SSSR count). The second kappa shape index (κ2) is 8.93. The van der Waals surface area contributed by atoms with Gasteiger partial charge in [-0.25, -0.2) is 13.1 Å². The van der Waals surface area contributed by atoms with E-state index in [1.807, 2.05) is 27.7 Å². The van der Waals surface area contributed by atoms with Gasteiger partial charge in [0.15, 0.2) is 5.65 Å². The minimum Gasteiger partial charge on any atom is -0.283 e. The molecule has 1 atom stereocenters. The molecule has 0 aliphatic carbocycles. The Labute approximate surface area is 165 Å². The SMILES string of the molecule is CCN(CC(C)C#N)Cn1nc2ccc(S(=O)(=O)N(CC)CC)cn2c1=S. The second-order valence-corrected chi connectivity index (χ2v) is 8.61. The molecular formula is C17H26N6O2S2. The molecule has 8 nitrogen and oxygen atoms in total. The van der Waals surface area contributed by atoms with Gasteiger partial charge in [-0.05, 0) is 37.8 Å². The Hall–Kier alpha value is -1.80. The van der Waals surface area contributed by atoms with E-state index in [1.165, 1.54) is 10.5 Å². The molecule has 0 amide bonds. The predicted octanol–water partition coefficient (Wildman–Crippen LogP) is 2.33. The highest BCUT2D eigenvalue weighted by atomic mass is 32.2. The van der Waals surface area contributed by atoms with Crippen molar-refractivity contribution in [3.63, 3.8) is 0 Å². The normalized spacial score (nSPS) is 13.4. The van der Waals surface area contributed by atoms with Gasteiger partial charge in [-0.1, -0.05) is 20.8 Å². The summed E-state index contributed by atoms with van der Waals surface area (Å²) in [7, 11) is -3.56. The van der Waals surface area contributed by atoms with Gasteiger partial charge in [-0.2, -0.15) is 14.7 Å². The molecule has 10 heteroatoms. The molecule has 0 aliphatic rings. The van der Waals surface area contributed by atoms with Gasteiger partial charge in [0.25, 0.3) is 0 Å². The minimum atomic E-state index is -3.56. The molecule has 2 heterocycles. The van der Waals surface area contributed by atoms with Crippen LogP contribution >= 0.6 is 12.2 Å². The average molecular weight is 411 g/mol. The van der Waals surface area contributed by atoms with E-state index in [0.717, 1.165) is 6.54 Å². The summed E-state index contributed by atoms with van der Waals surface area (Å²) < 4.78 is 30.6. The Morgan fingerprint density at radius 1 is 1.26 bits per heavy atom. The Morgan fingerprint density at radius 2 is 1.93 bits per heavy atom. The van der Waals surface area contributed by atoms with Crippen molar-refractivity contribution in [1.29, 1.82) is 5.26 Å². The molecule has 0 N–H and O–H groups in total. The van der Waals surface area contributed by atoms with Crippen molar-refractivity contribution >= 4 is 27.9 Å². The van der Waals surface area contributed by atoms with E-state index in [-0.39, 0.29) is 10.8 Å². The predicted molar refractivity (Wildman–Crippen MR) is 106 cm³/mol. The van der Waals surface area contributed by atoms with E-state index in [2.05, 4.69) is 16.1 Å². The zero-order valence-electron chi connectivity index (χ0n) is 16.2. The van der Waals surface area contributed by atoms with Crippen LogP contribution in [-0.4, -0.2) is 58.0 Å². The standard InChI is InChI=1S/C17H26N6O2S2/c1-5-20(11-14(4)10-18)13-23-17(26)22-12-15(8-9-16(22)19-23)27(24,25)21(6-2)7-3/h8-9,12,14H,5-7,11,13H2,1-4H3. The summed E-state index contributed by atoms with van der Waals surface area (Å²) in [4.78, 5) is 2.27. The number of rotatable bonds is 9. The Morgan fingerprint density at radius 3 is 2.48 bits per heavy atom. The van der Waals surface area contributed by atoms with Crippen molar-refractivity contribution in [3.05, 3.63) is 23.1 Å². The van der Waals surface area contributed by atoms with E-state index in [9.17, 15) is 8.42 Å². The van der Waals surface area contributed by atoms with Crippen molar-refractivity contribution in [3.8, 4) is 6.07 Å². The highest BCUT2D eigenvalue weighted by Crippen LogP contribution is 2.17. The van der Waals surface area contributed by atoms with Crippen molar-refractivity contribution in [2.75, 3.05) is 26.2 Å². The summed E-state index contributed by atoms with van der Waals surface area (Å²) in [5.41, 5.74) is 0.586. The highest BCUT2D eigenvalue weighted by Gasteiger charge is 2.22. The molecule has 0 radical (unpaired) electrons. The lowest BCUT2D eigenvalue weighted by Crippen LogP contribution is -2.31. The van der Waals surface area contributed by atoms with Gasteiger partial charge >= 0.3 is 0 Å². The largest absolute Gasteiger partial charge is 0.283 e. The molecule has 2 aromatic rings. The van der Waals surface area contributed by atoms with Gasteiger partial charge in [0.1, 0.15) is 0 Å². The summed E-state index contributed by atoms with van der Waals surface area (Å²) in [6.07, 6.45) is 1.53. The molecule has 2 aromatic heterocycles. The third-order valence-corrected chi connectivity index (χ3v) is 6.87. The van der Waals surface area contributed by atoms with E-state index >= 15 is 0 Å². The van der Waals surface area contributed by atoms with E-state index < -0.39 is 10.0 Å². The van der Waals surface area contributed by atoms with Crippen molar-refractivity contribution in [1.82, 2.24) is 23.4 Å². The average Bonchev–Trinajstić information content (AvgIpc) is 2.96. The number of pyridine rings is 1. The number of hydrogen-bond donors (Lipinski definition) is 0. The van der Waals surface area contributed by atoms with E-state index in [1.54, 1.807) is 21.2 Å². The smallest absolute Gasteiger partial charge is 0.244 e. The third kappa shape index (κ3) is 4.55. The Bertz CT molecular complexity index is 985. The molecule has 27 heavy (non-hydrogen) atoms. The summed E-state index contributed by atoms with van der Waals surface area (Å²) in [6, 6.07) is 5.45. The highest BCUT2D eigenvalue weighted by molar-refractivity contribution is 7.89. The van der Waals surface area contributed by atoms with Crippen LogP contribution in [-0.2, 0) is 16.7 Å².